The van der Waals surface area contributed by atoms with Crippen LogP contribution in [-0.4, -0.2) is 12.1 Å². The molecule has 0 spiro atoms. The van der Waals surface area contributed by atoms with Crippen molar-refractivity contribution >= 4 is 11.6 Å². The average molecular weight is 298 g/mol. The van der Waals surface area contributed by atoms with Gasteiger partial charge in [-0.3, -0.25) is 0 Å². The zero-order chi connectivity index (χ0) is 15.2. The quantitative estimate of drug-likeness (QED) is 0.712. The van der Waals surface area contributed by atoms with Gasteiger partial charge in [-0.15, -0.1) is 0 Å². The summed E-state index contributed by atoms with van der Waals surface area (Å²) in [6, 6.07) is 6.03. The first-order chi connectivity index (χ1) is 9.28. The van der Waals surface area contributed by atoms with Crippen LogP contribution in [0.2, 0.25) is 5.02 Å². The van der Waals surface area contributed by atoms with Gasteiger partial charge in [0.25, 0.3) is 0 Å². The monoisotopic (exact) mass is 297 g/mol. The lowest BCUT2D eigenvalue weighted by atomic mass is 10.1. The summed E-state index contributed by atoms with van der Waals surface area (Å²) in [6.07, 6.45) is 2.26. The number of hydrogen-bond donors (Lipinski definition) is 1. The molecule has 1 aromatic carbocycles. The summed E-state index contributed by atoms with van der Waals surface area (Å²) in [4.78, 5) is 0. The van der Waals surface area contributed by atoms with Gasteiger partial charge in [0.1, 0.15) is 5.75 Å². The maximum absolute atomic E-state index is 6.27. The van der Waals surface area contributed by atoms with Crippen LogP contribution in [0.15, 0.2) is 18.2 Å². The highest BCUT2D eigenvalue weighted by Gasteiger charge is 2.09. The first-order valence-corrected chi connectivity index (χ1v) is 7.82. The molecule has 0 fully saturated rings. The maximum atomic E-state index is 6.27. The molecular formula is C17H28ClNO. The molecule has 0 bridgehead atoms. The van der Waals surface area contributed by atoms with Crippen LogP contribution in [0.5, 0.6) is 5.75 Å². The Bertz CT molecular complexity index is 410. The van der Waals surface area contributed by atoms with E-state index >= 15 is 0 Å². The van der Waals surface area contributed by atoms with E-state index in [1.165, 1.54) is 12.0 Å². The summed E-state index contributed by atoms with van der Waals surface area (Å²) < 4.78 is 5.74. The molecule has 0 atom stereocenters. The summed E-state index contributed by atoms with van der Waals surface area (Å²) in [5, 5.41) is 4.15. The molecule has 0 radical (unpaired) electrons. The molecule has 0 aromatic heterocycles. The van der Waals surface area contributed by atoms with Crippen molar-refractivity contribution < 1.29 is 4.74 Å². The first kappa shape index (κ1) is 17.3. The maximum Gasteiger partial charge on any atom is 0.137 e. The third-order valence-electron chi connectivity index (χ3n) is 3.00. The molecule has 0 saturated heterocycles. The fourth-order valence-corrected chi connectivity index (χ4v) is 2.07. The minimum Gasteiger partial charge on any atom is -0.492 e. The third-order valence-corrected chi connectivity index (χ3v) is 3.30. The Balaban J connectivity index is 2.47. The number of benzene rings is 1. The number of ether oxygens (including phenoxy) is 1. The predicted molar refractivity (Wildman–Crippen MR) is 87.6 cm³/mol. The highest BCUT2D eigenvalue weighted by molar-refractivity contribution is 6.32. The van der Waals surface area contributed by atoms with Gasteiger partial charge in [-0.25, -0.2) is 0 Å². The lowest BCUT2D eigenvalue weighted by Crippen LogP contribution is -2.35. The Kier molecular flexibility index (Phi) is 6.84. The van der Waals surface area contributed by atoms with Gasteiger partial charge in [0.2, 0.25) is 0 Å². The van der Waals surface area contributed by atoms with Gasteiger partial charge in [0.05, 0.1) is 11.6 Å². The molecule has 0 amide bonds. The van der Waals surface area contributed by atoms with Crippen LogP contribution in [0.4, 0.5) is 0 Å². The van der Waals surface area contributed by atoms with Gasteiger partial charge in [-0.1, -0.05) is 31.5 Å². The van der Waals surface area contributed by atoms with E-state index in [1.807, 2.05) is 12.1 Å². The lowest BCUT2D eigenvalue weighted by Gasteiger charge is -2.20. The van der Waals surface area contributed by atoms with Crippen LogP contribution < -0.4 is 10.1 Å². The first-order valence-electron chi connectivity index (χ1n) is 7.44. The summed E-state index contributed by atoms with van der Waals surface area (Å²) >= 11 is 6.27. The molecule has 3 heteroatoms. The fourth-order valence-electron chi connectivity index (χ4n) is 1.81. The predicted octanol–water partition coefficient (Wildman–Crippen LogP) is 5.04. The Morgan fingerprint density at radius 1 is 1.25 bits per heavy atom. The molecule has 0 aliphatic carbocycles. The van der Waals surface area contributed by atoms with Gasteiger partial charge < -0.3 is 10.1 Å². The fraction of sp³-hybridized carbons (Fsp3) is 0.647. The number of nitrogens with one attached hydrogen (secondary N) is 1. The van der Waals surface area contributed by atoms with E-state index in [0.717, 1.165) is 31.2 Å². The number of halogens is 1. The molecule has 114 valence electrons. The molecule has 20 heavy (non-hydrogen) atoms. The van der Waals surface area contributed by atoms with E-state index in [2.05, 4.69) is 46.0 Å². The van der Waals surface area contributed by atoms with Crippen LogP contribution in [0.25, 0.3) is 0 Å². The van der Waals surface area contributed by atoms with Crippen molar-refractivity contribution in [1.82, 2.24) is 5.32 Å². The van der Waals surface area contributed by atoms with Crippen molar-refractivity contribution in [2.24, 2.45) is 5.92 Å². The summed E-state index contributed by atoms with van der Waals surface area (Å²) in [6.45, 7) is 12.5. The van der Waals surface area contributed by atoms with Crippen LogP contribution in [0.3, 0.4) is 0 Å². The second kappa shape index (κ2) is 7.90. The van der Waals surface area contributed by atoms with Crippen molar-refractivity contribution in [3.63, 3.8) is 0 Å². The molecule has 0 aliphatic rings. The highest BCUT2D eigenvalue weighted by atomic mass is 35.5. The topological polar surface area (TPSA) is 21.3 Å². The second-order valence-electron chi connectivity index (χ2n) is 6.75. The van der Waals surface area contributed by atoms with E-state index in [9.17, 15) is 0 Å². The van der Waals surface area contributed by atoms with E-state index in [1.54, 1.807) is 0 Å². The second-order valence-corrected chi connectivity index (χ2v) is 7.16. The van der Waals surface area contributed by atoms with Gasteiger partial charge in [-0.05, 0) is 57.2 Å². The van der Waals surface area contributed by atoms with E-state index < -0.39 is 0 Å². The van der Waals surface area contributed by atoms with Crippen molar-refractivity contribution in [3.05, 3.63) is 28.8 Å². The summed E-state index contributed by atoms with van der Waals surface area (Å²) in [7, 11) is 0. The molecular weight excluding hydrogens is 270 g/mol. The molecule has 0 aliphatic heterocycles. The molecule has 2 nitrogen and oxygen atoms in total. The minimum absolute atomic E-state index is 0.110. The van der Waals surface area contributed by atoms with Crippen molar-refractivity contribution in [1.29, 1.82) is 0 Å². The van der Waals surface area contributed by atoms with E-state index in [0.29, 0.717) is 5.02 Å². The lowest BCUT2D eigenvalue weighted by molar-refractivity contribution is 0.298. The van der Waals surface area contributed by atoms with Crippen LogP contribution in [0, 0.1) is 5.92 Å². The average Bonchev–Trinajstić information content (AvgIpc) is 2.33. The van der Waals surface area contributed by atoms with Gasteiger partial charge in [0.15, 0.2) is 0 Å². The Hall–Kier alpha value is -0.730. The van der Waals surface area contributed by atoms with Crippen LogP contribution in [-0.2, 0) is 6.54 Å². The van der Waals surface area contributed by atoms with E-state index in [4.69, 9.17) is 16.3 Å². The molecule has 1 rings (SSSR count). The zero-order valence-electron chi connectivity index (χ0n) is 13.4. The molecule has 0 unspecified atom stereocenters. The highest BCUT2D eigenvalue weighted by Crippen LogP contribution is 2.26. The number of rotatable bonds is 7. The van der Waals surface area contributed by atoms with E-state index in [-0.39, 0.29) is 5.54 Å². The van der Waals surface area contributed by atoms with Gasteiger partial charge >= 0.3 is 0 Å². The molecule has 1 N–H and O–H groups in total. The third kappa shape index (κ3) is 7.16. The van der Waals surface area contributed by atoms with Crippen molar-refractivity contribution in [3.8, 4) is 5.75 Å². The van der Waals surface area contributed by atoms with Crippen LogP contribution in [0.1, 0.15) is 53.0 Å². The van der Waals surface area contributed by atoms with Gasteiger partial charge in [0, 0.05) is 12.1 Å². The Labute approximate surface area is 128 Å². The Morgan fingerprint density at radius 3 is 2.50 bits per heavy atom. The van der Waals surface area contributed by atoms with Gasteiger partial charge in [-0.2, -0.15) is 0 Å². The molecule has 1 aromatic rings. The van der Waals surface area contributed by atoms with Crippen LogP contribution >= 0.6 is 11.6 Å². The Morgan fingerprint density at radius 2 is 1.95 bits per heavy atom. The van der Waals surface area contributed by atoms with Crippen molar-refractivity contribution in [2.75, 3.05) is 6.61 Å². The molecule has 0 saturated carbocycles. The SMILES string of the molecule is CC(C)CCCOc1ccc(CNC(C)(C)C)cc1Cl. The normalized spacial score (nSPS) is 11.9. The summed E-state index contributed by atoms with van der Waals surface area (Å²) in [5.41, 5.74) is 1.29. The smallest absolute Gasteiger partial charge is 0.137 e. The standard InChI is InChI=1S/C17H28ClNO/c1-13(2)7-6-10-20-16-9-8-14(11-15(16)18)12-19-17(3,4)5/h8-9,11,13,19H,6-7,10,12H2,1-5H3. The van der Waals surface area contributed by atoms with Crippen molar-refractivity contribution in [2.45, 2.75) is 59.5 Å². The number of hydrogen-bond acceptors (Lipinski definition) is 2. The summed E-state index contributed by atoms with van der Waals surface area (Å²) in [5.74, 6) is 1.51. The molecule has 0 heterocycles. The zero-order valence-corrected chi connectivity index (χ0v) is 14.2. The minimum atomic E-state index is 0.110. The largest absolute Gasteiger partial charge is 0.492 e.